The number of nitro groups is 1. The Balaban J connectivity index is 1.79. The molecule has 0 fully saturated rings. The van der Waals surface area contributed by atoms with Crippen LogP contribution in [0.2, 0.25) is 0 Å². The number of aryl methyl sites for hydroxylation is 1. The zero-order chi connectivity index (χ0) is 20.7. The van der Waals surface area contributed by atoms with Crippen molar-refractivity contribution in [3.8, 4) is 0 Å². The molecule has 0 aromatic heterocycles. The number of nitro benzene ring substituents is 1. The van der Waals surface area contributed by atoms with E-state index in [0.717, 1.165) is 15.7 Å². The number of likely N-dealkylation sites (N-methyl/N-ethyl adjacent to an activating group) is 1. The molecule has 2 aromatic carbocycles. The van der Waals surface area contributed by atoms with Crippen molar-refractivity contribution in [3.05, 3.63) is 62.6 Å². The molecule has 0 atom stereocenters. The average molecular weight is 449 g/mol. The molecule has 0 saturated heterocycles. The number of benzene rings is 2. The predicted molar refractivity (Wildman–Crippen MR) is 111 cm³/mol. The van der Waals surface area contributed by atoms with E-state index in [0.29, 0.717) is 12.2 Å². The number of rotatable bonds is 8. The van der Waals surface area contributed by atoms with Gasteiger partial charge in [0.05, 0.1) is 11.5 Å². The Morgan fingerprint density at radius 2 is 1.89 bits per heavy atom. The number of carbonyl (C=O) groups is 2. The molecule has 0 spiro atoms. The van der Waals surface area contributed by atoms with E-state index in [-0.39, 0.29) is 30.5 Å². The lowest BCUT2D eigenvalue weighted by Gasteiger charge is -2.16. The maximum atomic E-state index is 12.2. The Bertz CT molecular complexity index is 888. The van der Waals surface area contributed by atoms with E-state index in [2.05, 4.69) is 26.6 Å². The molecule has 2 aromatic rings. The van der Waals surface area contributed by atoms with E-state index in [1.165, 1.54) is 18.2 Å². The monoisotopic (exact) mass is 448 g/mol. The molecule has 2 N–H and O–H groups in total. The zero-order valence-corrected chi connectivity index (χ0v) is 17.2. The van der Waals surface area contributed by atoms with Gasteiger partial charge in [0.25, 0.3) is 5.69 Å². The SMILES string of the molecule is Cc1cc(Br)ccc1NC(=O)CN(C)CCC(=O)Nc1cccc([N+](=O)[O-])c1. The van der Waals surface area contributed by atoms with Crippen LogP contribution in [0.5, 0.6) is 0 Å². The van der Waals surface area contributed by atoms with Gasteiger partial charge in [0.1, 0.15) is 0 Å². The number of amides is 2. The van der Waals surface area contributed by atoms with E-state index in [9.17, 15) is 19.7 Å². The predicted octanol–water partition coefficient (Wildman–Crippen LogP) is 3.56. The summed E-state index contributed by atoms with van der Waals surface area (Å²) in [5, 5.41) is 16.2. The third-order valence-corrected chi connectivity index (χ3v) is 4.43. The van der Waals surface area contributed by atoms with Crippen LogP contribution in [-0.4, -0.2) is 41.8 Å². The second-order valence-corrected chi connectivity index (χ2v) is 7.27. The lowest BCUT2D eigenvalue weighted by molar-refractivity contribution is -0.384. The van der Waals surface area contributed by atoms with Gasteiger partial charge in [0, 0.05) is 40.9 Å². The topological polar surface area (TPSA) is 105 Å². The average Bonchev–Trinajstić information content (AvgIpc) is 2.62. The highest BCUT2D eigenvalue weighted by Gasteiger charge is 2.12. The summed E-state index contributed by atoms with van der Waals surface area (Å²) < 4.78 is 0.940. The van der Waals surface area contributed by atoms with Crippen molar-refractivity contribution >= 4 is 44.8 Å². The first kappa shape index (κ1) is 21.5. The summed E-state index contributed by atoms with van der Waals surface area (Å²) in [4.78, 5) is 36.2. The van der Waals surface area contributed by atoms with E-state index in [1.807, 2.05) is 25.1 Å². The molecule has 0 saturated carbocycles. The Kier molecular flexibility index (Phi) is 7.65. The molecule has 148 valence electrons. The first-order valence-corrected chi connectivity index (χ1v) is 9.33. The van der Waals surface area contributed by atoms with E-state index in [4.69, 9.17) is 0 Å². The van der Waals surface area contributed by atoms with Crippen LogP contribution in [0.25, 0.3) is 0 Å². The minimum atomic E-state index is -0.519. The maximum Gasteiger partial charge on any atom is 0.271 e. The summed E-state index contributed by atoms with van der Waals surface area (Å²) >= 11 is 3.38. The lowest BCUT2D eigenvalue weighted by atomic mass is 10.2. The first-order chi connectivity index (χ1) is 13.2. The fourth-order valence-electron chi connectivity index (χ4n) is 2.49. The van der Waals surface area contributed by atoms with Gasteiger partial charge in [-0.05, 0) is 43.8 Å². The largest absolute Gasteiger partial charge is 0.326 e. The standard InChI is InChI=1S/C19H21BrN4O4/c1-13-10-14(20)6-7-17(13)22-19(26)12-23(2)9-8-18(25)21-15-4-3-5-16(11-15)24(27)28/h3-7,10-11H,8-9,12H2,1-2H3,(H,21,25)(H,22,26). The Labute approximate surface area is 171 Å². The van der Waals surface area contributed by atoms with Crippen molar-refractivity contribution in [1.82, 2.24) is 4.90 Å². The van der Waals surface area contributed by atoms with Crippen LogP contribution in [0.15, 0.2) is 46.9 Å². The number of anilines is 2. The summed E-state index contributed by atoms with van der Waals surface area (Å²) in [5.74, 6) is -0.455. The molecular formula is C19H21BrN4O4. The van der Waals surface area contributed by atoms with Crippen LogP contribution in [-0.2, 0) is 9.59 Å². The summed E-state index contributed by atoms with van der Waals surface area (Å²) in [6.07, 6.45) is 0.157. The first-order valence-electron chi connectivity index (χ1n) is 8.53. The summed E-state index contributed by atoms with van der Waals surface area (Å²) in [5.41, 5.74) is 1.96. The van der Waals surface area contributed by atoms with Crippen LogP contribution in [0.3, 0.4) is 0 Å². The number of hydrogen-bond acceptors (Lipinski definition) is 5. The zero-order valence-electron chi connectivity index (χ0n) is 15.6. The molecule has 0 aliphatic carbocycles. The quantitative estimate of drug-likeness (QED) is 0.474. The number of nitrogens with one attached hydrogen (secondary N) is 2. The Morgan fingerprint density at radius 3 is 2.57 bits per heavy atom. The molecule has 0 radical (unpaired) electrons. The van der Waals surface area contributed by atoms with Gasteiger partial charge in [0.15, 0.2) is 0 Å². The Hall–Kier alpha value is -2.78. The number of hydrogen-bond donors (Lipinski definition) is 2. The molecule has 0 unspecified atom stereocenters. The van der Waals surface area contributed by atoms with Crippen LogP contribution in [0, 0.1) is 17.0 Å². The molecule has 0 aliphatic rings. The molecule has 0 aliphatic heterocycles. The number of carbonyl (C=O) groups excluding carboxylic acids is 2. The van der Waals surface area contributed by atoms with E-state index in [1.54, 1.807) is 18.0 Å². The second kappa shape index (κ2) is 9.95. The molecule has 2 rings (SSSR count). The minimum Gasteiger partial charge on any atom is -0.326 e. The third kappa shape index (κ3) is 6.75. The lowest BCUT2D eigenvalue weighted by Crippen LogP contribution is -2.32. The van der Waals surface area contributed by atoms with Gasteiger partial charge in [-0.25, -0.2) is 0 Å². The molecule has 8 nitrogen and oxygen atoms in total. The van der Waals surface area contributed by atoms with E-state index >= 15 is 0 Å². The van der Waals surface area contributed by atoms with Crippen LogP contribution >= 0.6 is 15.9 Å². The van der Waals surface area contributed by atoms with Gasteiger partial charge in [-0.3, -0.25) is 24.6 Å². The van der Waals surface area contributed by atoms with Gasteiger partial charge in [-0.1, -0.05) is 22.0 Å². The highest BCUT2D eigenvalue weighted by atomic mass is 79.9. The number of non-ortho nitro benzene ring substituents is 1. The summed E-state index contributed by atoms with van der Waals surface area (Å²) in [6, 6.07) is 11.3. The maximum absolute atomic E-state index is 12.2. The summed E-state index contributed by atoms with van der Waals surface area (Å²) in [6.45, 7) is 2.41. The molecule has 28 heavy (non-hydrogen) atoms. The van der Waals surface area contributed by atoms with Crippen molar-refractivity contribution in [2.75, 3.05) is 30.8 Å². The van der Waals surface area contributed by atoms with Gasteiger partial charge in [-0.15, -0.1) is 0 Å². The molecule has 0 heterocycles. The summed E-state index contributed by atoms with van der Waals surface area (Å²) in [7, 11) is 1.74. The van der Waals surface area contributed by atoms with Crippen LogP contribution < -0.4 is 10.6 Å². The van der Waals surface area contributed by atoms with Gasteiger partial charge in [-0.2, -0.15) is 0 Å². The van der Waals surface area contributed by atoms with E-state index < -0.39 is 4.92 Å². The normalized spacial score (nSPS) is 10.6. The van der Waals surface area contributed by atoms with Crippen molar-refractivity contribution in [2.24, 2.45) is 0 Å². The van der Waals surface area contributed by atoms with Crippen LogP contribution in [0.4, 0.5) is 17.1 Å². The van der Waals surface area contributed by atoms with Gasteiger partial charge >= 0.3 is 0 Å². The van der Waals surface area contributed by atoms with Gasteiger partial charge < -0.3 is 10.6 Å². The number of halogens is 1. The molecule has 0 bridgehead atoms. The number of nitrogens with zero attached hydrogens (tertiary/aromatic N) is 2. The smallest absolute Gasteiger partial charge is 0.271 e. The Morgan fingerprint density at radius 1 is 1.14 bits per heavy atom. The second-order valence-electron chi connectivity index (χ2n) is 6.35. The molecule has 9 heteroatoms. The van der Waals surface area contributed by atoms with Crippen molar-refractivity contribution in [3.63, 3.8) is 0 Å². The highest BCUT2D eigenvalue weighted by Crippen LogP contribution is 2.20. The molecular weight excluding hydrogens is 428 g/mol. The van der Waals surface area contributed by atoms with Crippen molar-refractivity contribution in [1.29, 1.82) is 0 Å². The molecule has 2 amide bonds. The fourth-order valence-corrected chi connectivity index (χ4v) is 2.97. The van der Waals surface area contributed by atoms with Gasteiger partial charge in [0.2, 0.25) is 11.8 Å². The third-order valence-electron chi connectivity index (χ3n) is 3.94. The minimum absolute atomic E-state index is 0.0881. The van der Waals surface area contributed by atoms with Crippen LogP contribution in [0.1, 0.15) is 12.0 Å². The highest BCUT2D eigenvalue weighted by molar-refractivity contribution is 9.10. The van der Waals surface area contributed by atoms with Crippen molar-refractivity contribution in [2.45, 2.75) is 13.3 Å². The fraction of sp³-hybridized carbons (Fsp3) is 0.263. The van der Waals surface area contributed by atoms with Crippen molar-refractivity contribution < 1.29 is 14.5 Å².